The summed E-state index contributed by atoms with van der Waals surface area (Å²) in [5.41, 5.74) is 3.96. The zero-order chi connectivity index (χ0) is 22.1. The van der Waals surface area contributed by atoms with Gasteiger partial charge in [-0.05, 0) is 48.7 Å². The first-order valence-corrected chi connectivity index (χ1v) is 11.5. The maximum Gasteiger partial charge on any atom is 0.223 e. The van der Waals surface area contributed by atoms with Gasteiger partial charge >= 0.3 is 0 Å². The van der Waals surface area contributed by atoms with Crippen molar-refractivity contribution in [2.24, 2.45) is 0 Å². The molecule has 2 aromatic carbocycles. The quantitative estimate of drug-likeness (QED) is 0.596. The number of benzene rings is 2. The molecular weight excluding hydrogens is 384 g/mol. The fourth-order valence-corrected chi connectivity index (χ4v) is 4.93. The first kappa shape index (κ1) is 21.5. The lowest BCUT2D eigenvalue weighted by Crippen LogP contribution is -2.68. The molecule has 164 valence electrons. The lowest BCUT2D eigenvalue weighted by Gasteiger charge is -2.49. The van der Waals surface area contributed by atoms with Gasteiger partial charge in [-0.25, -0.2) is 0 Å². The average Bonchev–Trinajstić information content (AvgIpc) is 2.93. The van der Waals surface area contributed by atoms with E-state index in [0.717, 1.165) is 30.9 Å². The maximum absolute atomic E-state index is 12.6. The summed E-state index contributed by atoms with van der Waals surface area (Å²) >= 11 is 0. The summed E-state index contributed by atoms with van der Waals surface area (Å²) in [6.07, 6.45) is 8.26. The second kappa shape index (κ2) is 8.41. The summed E-state index contributed by atoms with van der Waals surface area (Å²) < 4.78 is 5.93. The number of anilines is 1. The first-order chi connectivity index (χ1) is 14.9. The number of unbranched alkanes of at least 4 members (excludes halogenated alkanes) is 2. The third-order valence-electron chi connectivity index (χ3n) is 6.78. The summed E-state index contributed by atoms with van der Waals surface area (Å²) in [5, 5.41) is 3.35. The molecule has 4 heteroatoms. The Morgan fingerprint density at radius 2 is 2.00 bits per heavy atom. The van der Waals surface area contributed by atoms with E-state index in [0.29, 0.717) is 6.42 Å². The number of amides is 1. The van der Waals surface area contributed by atoms with Crippen LogP contribution < -0.4 is 15.0 Å². The Balaban J connectivity index is 1.65. The summed E-state index contributed by atoms with van der Waals surface area (Å²) in [6.45, 7) is 10.2. The summed E-state index contributed by atoms with van der Waals surface area (Å²) in [5.74, 6) is 0.997. The van der Waals surface area contributed by atoms with Crippen molar-refractivity contribution in [1.82, 2.24) is 5.32 Å². The Morgan fingerprint density at radius 1 is 1.16 bits per heavy atom. The van der Waals surface area contributed by atoms with Crippen LogP contribution in [0.15, 0.2) is 48.5 Å². The molecule has 1 atom stereocenters. The van der Waals surface area contributed by atoms with Gasteiger partial charge in [0.25, 0.3) is 0 Å². The number of hydrogen-bond donors (Lipinski definition) is 1. The number of carbonyl (C=O) groups is 1. The van der Waals surface area contributed by atoms with Gasteiger partial charge in [0.1, 0.15) is 11.4 Å². The van der Waals surface area contributed by atoms with Crippen LogP contribution in [-0.4, -0.2) is 24.7 Å². The molecule has 1 N–H and O–H groups in total. The summed E-state index contributed by atoms with van der Waals surface area (Å²) in [4.78, 5) is 14.9. The monoisotopic (exact) mass is 418 g/mol. The second-order valence-electron chi connectivity index (χ2n) is 9.32. The van der Waals surface area contributed by atoms with Gasteiger partial charge < -0.3 is 15.0 Å². The lowest BCUT2D eigenvalue weighted by atomic mass is 9.74. The van der Waals surface area contributed by atoms with Crippen molar-refractivity contribution >= 4 is 17.7 Å². The number of ether oxygens (including phenoxy) is 1. The second-order valence-corrected chi connectivity index (χ2v) is 9.32. The molecule has 2 heterocycles. The molecule has 0 bridgehead atoms. The number of fused-ring (bicyclic) bond motifs is 3. The van der Waals surface area contributed by atoms with Gasteiger partial charge in [-0.3, -0.25) is 4.79 Å². The third-order valence-corrected chi connectivity index (χ3v) is 6.78. The van der Waals surface area contributed by atoms with Gasteiger partial charge in [0.2, 0.25) is 5.91 Å². The molecule has 0 aromatic heterocycles. The minimum atomic E-state index is -0.587. The van der Waals surface area contributed by atoms with E-state index in [1.807, 2.05) is 12.1 Å². The molecule has 31 heavy (non-hydrogen) atoms. The Morgan fingerprint density at radius 3 is 2.81 bits per heavy atom. The molecule has 1 amide bonds. The Bertz CT molecular complexity index is 994. The highest BCUT2D eigenvalue weighted by Crippen LogP contribution is 2.52. The standard InChI is InChI=1S/C27H34N2O2/c1-5-6-7-17-31-22-10-8-9-21(19-22)13-15-27-26(3,4)23-18-20(2)11-12-24(23)29(27)16-14-25(30)28-27/h8-13,15,18-19H,5-7,14,16-17H2,1-4H3,(H,28,30)/b15-13+/t27-/m1/s1. The molecule has 2 aromatic rings. The molecule has 2 aliphatic rings. The van der Waals surface area contributed by atoms with Gasteiger partial charge in [0.05, 0.1) is 6.61 Å². The molecule has 2 aliphatic heterocycles. The van der Waals surface area contributed by atoms with Crippen LogP contribution in [0, 0.1) is 6.92 Å². The van der Waals surface area contributed by atoms with E-state index in [1.165, 1.54) is 29.7 Å². The van der Waals surface area contributed by atoms with Crippen LogP contribution in [-0.2, 0) is 10.2 Å². The van der Waals surface area contributed by atoms with Crippen LogP contribution in [0.1, 0.15) is 63.1 Å². The van der Waals surface area contributed by atoms with Crippen LogP contribution in [0.2, 0.25) is 0 Å². The van der Waals surface area contributed by atoms with Gasteiger partial charge in [-0.2, -0.15) is 0 Å². The number of hydrogen-bond acceptors (Lipinski definition) is 3. The van der Waals surface area contributed by atoms with Crippen LogP contribution in [0.25, 0.3) is 6.08 Å². The number of nitrogens with one attached hydrogen (secondary N) is 1. The lowest BCUT2D eigenvalue weighted by molar-refractivity contribution is -0.124. The van der Waals surface area contributed by atoms with Crippen molar-refractivity contribution in [2.45, 2.75) is 64.5 Å². The van der Waals surface area contributed by atoms with E-state index in [-0.39, 0.29) is 11.3 Å². The topological polar surface area (TPSA) is 41.6 Å². The van der Waals surface area contributed by atoms with E-state index in [1.54, 1.807) is 0 Å². The molecule has 0 saturated carbocycles. The first-order valence-electron chi connectivity index (χ1n) is 11.5. The zero-order valence-electron chi connectivity index (χ0n) is 19.2. The van der Waals surface area contributed by atoms with E-state index < -0.39 is 5.66 Å². The molecular formula is C27H34N2O2. The number of carbonyl (C=O) groups excluding carboxylic acids is 1. The molecule has 0 spiro atoms. The Kier molecular flexibility index (Phi) is 5.83. The third kappa shape index (κ3) is 3.84. The molecule has 0 radical (unpaired) electrons. The molecule has 4 nitrogen and oxygen atoms in total. The molecule has 1 fully saturated rings. The smallest absolute Gasteiger partial charge is 0.223 e. The Hall–Kier alpha value is -2.75. The fourth-order valence-electron chi connectivity index (χ4n) is 4.93. The van der Waals surface area contributed by atoms with E-state index in [9.17, 15) is 4.79 Å². The highest BCUT2D eigenvalue weighted by atomic mass is 16.5. The van der Waals surface area contributed by atoms with E-state index >= 15 is 0 Å². The highest BCUT2D eigenvalue weighted by Gasteiger charge is 2.57. The number of aryl methyl sites for hydroxylation is 1. The normalized spacial score (nSPS) is 21.7. The van der Waals surface area contributed by atoms with Crippen LogP contribution >= 0.6 is 0 Å². The van der Waals surface area contributed by atoms with Gasteiger partial charge in [0, 0.05) is 24.1 Å². The number of rotatable bonds is 7. The summed E-state index contributed by atoms with van der Waals surface area (Å²) in [6, 6.07) is 14.8. The maximum atomic E-state index is 12.6. The summed E-state index contributed by atoms with van der Waals surface area (Å²) in [7, 11) is 0. The molecule has 0 unspecified atom stereocenters. The van der Waals surface area contributed by atoms with Crippen molar-refractivity contribution in [3.8, 4) is 5.75 Å². The van der Waals surface area contributed by atoms with Crippen LogP contribution in [0.4, 0.5) is 5.69 Å². The van der Waals surface area contributed by atoms with Crippen LogP contribution in [0.5, 0.6) is 5.75 Å². The van der Waals surface area contributed by atoms with Gasteiger partial charge in [-0.15, -0.1) is 0 Å². The number of nitrogens with zero attached hydrogens (tertiary/aromatic N) is 1. The van der Waals surface area contributed by atoms with E-state index in [2.05, 4.69) is 80.4 Å². The van der Waals surface area contributed by atoms with Crippen molar-refractivity contribution < 1.29 is 9.53 Å². The van der Waals surface area contributed by atoms with Crippen molar-refractivity contribution in [1.29, 1.82) is 0 Å². The minimum absolute atomic E-state index is 0.103. The van der Waals surface area contributed by atoms with Crippen molar-refractivity contribution in [3.63, 3.8) is 0 Å². The van der Waals surface area contributed by atoms with Gasteiger partial charge in [-0.1, -0.05) is 69.5 Å². The highest BCUT2D eigenvalue weighted by molar-refractivity contribution is 5.84. The SMILES string of the molecule is CCCCCOc1cccc(/C=C/[C@@]23NC(=O)CCN2c2ccc(C)cc2C3(C)C)c1. The molecule has 0 aliphatic carbocycles. The van der Waals surface area contributed by atoms with E-state index in [4.69, 9.17) is 4.74 Å². The molecule has 1 saturated heterocycles. The van der Waals surface area contributed by atoms with Crippen molar-refractivity contribution in [3.05, 3.63) is 65.2 Å². The largest absolute Gasteiger partial charge is 0.494 e. The van der Waals surface area contributed by atoms with Gasteiger partial charge in [0.15, 0.2) is 0 Å². The fraction of sp³-hybridized carbons (Fsp3) is 0.444. The van der Waals surface area contributed by atoms with Crippen molar-refractivity contribution in [2.75, 3.05) is 18.1 Å². The minimum Gasteiger partial charge on any atom is -0.494 e. The predicted molar refractivity (Wildman–Crippen MR) is 128 cm³/mol. The average molecular weight is 419 g/mol. The predicted octanol–water partition coefficient (Wildman–Crippen LogP) is 5.59. The molecule has 4 rings (SSSR count). The zero-order valence-corrected chi connectivity index (χ0v) is 19.2. The van der Waals surface area contributed by atoms with Crippen LogP contribution in [0.3, 0.4) is 0 Å². The Labute approximate surface area is 186 Å².